The SMILES string of the molecule is C=C(/C=C(\N=C(C)c1cccc(-c2cc3ccccc3c3ccccc23)c1)c1cccc(-c2cc3ccccc3c3ccccc23)c1)c1ccc(-c2ccccc2)cc1.CC. The number of benzene rings is 10. The van der Waals surface area contributed by atoms with Crippen molar-refractivity contribution in [3.8, 4) is 33.4 Å². The molecule has 0 heterocycles. The van der Waals surface area contributed by atoms with Crippen molar-refractivity contribution >= 4 is 60.1 Å². The Morgan fingerprint density at radius 2 is 0.803 bits per heavy atom. The Bertz CT molecular complexity index is 3270. The fourth-order valence-corrected chi connectivity index (χ4v) is 8.53. The summed E-state index contributed by atoms with van der Waals surface area (Å²) in [5, 5.41) is 9.97. The first-order chi connectivity index (χ1) is 30.1. The van der Waals surface area contributed by atoms with E-state index in [9.17, 15) is 0 Å². The van der Waals surface area contributed by atoms with Crippen molar-refractivity contribution in [3.63, 3.8) is 0 Å². The highest BCUT2D eigenvalue weighted by Crippen LogP contribution is 2.38. The second-order valence-corrected chi connectivity index (χ2v) is 15.2. The molecule has 0 amide bonds. The molecular weight excluding hydrogens is 735 g/mol. The van der Waals surface area contributed by atoms with Crippen LogP contribution in [-0.2, 0) is 0 Å². The van der Waals surface area contributed by atoms with Crippen molar-refractivity contribution in [2.75, 3.05) is 0 Å². The molecule has 0 aliphatic rings. The summed E-state index contributed by atoms with van der Waals surface area (Å²) >= 11 is 0. The summed E-state index contributed by atoms with van der Waals surface area (Å²) in [5.74, 6) is 0. The molecule has 0 N–H and O–H groups in total. The molecule has 0 fully saturated rings. The Hall–Kier alpha value is -7.61. The number of aliphatic imine (C=N–C) groups is 1. The number of fused-ring (bicyclic) bond motifs is 6. The van der Waals surface area contributed by atoms with Crippen LogP contribution < -0.4 is 0 Å². The maximum atomic E-state index is 5.46. The summed E-state index contributed by atoms with van der Waals surface area (Å²) in [7, 11) is 0. The van der Waals surface area contributed by atoms with Gasteiger partial charge in [0.05, 0.1) is 5.70 Å². The summed E-state index contributed by atoms with van der Waals surface area (Å²) in [5.41, 5.74) is 12.9. The van der Waals surface area contributed by atoms with Crippen molar-refractivity contribution in [1.29, 1.82) is 0 Å². The van der Waals surface area contributed by atoms with Gasteiger partial charge in [-0.05, 0) is 130 Å². The maximum absolute atomic E-state index is 5.46. The molecule has 1 nitrogen and oxygen atoms in total. The molecule has 10 rings (SSSR count). The molecule has 0 saturated heterocycles. The van der Waals surface area contributed by atoms with Crippen molar-refractivity contribution in [3.05, 3.63) is 242 Å². The van der Waals surface area contributed by atoms with Crippen molar-refractivity contribution in [2.24, 2.45) is 4.99 Å². The van der Waals surface area contributed by atoms with E-state index in [0.717, 1.165) is 44.8 Å². The van der Waals surface area contributed by atoms with Gasteiger partial charge < -0.3 is 0 Å². The van der Waals surface area contributed by atoms with E-state index in [1.807, 2.05) is 19.9 Å². The van der Waals surface area contributed by atoms with Crippen LogP contribution in [0.15, 0.2) is 230 Å². The molecule has 0 unspecified atom stereocenters. The minimum absolute atomic E-state index is 0.855. The lowest BCUT2D eigenvalue weighted by Crippen LogP contribution is -1.97. The van der Waals surface area contributed by atoms with Gasteiger partial charge in [0.2, 0.25) is 0 Å². The van der Waals surface area contributed by atoms with Gasteiger partial charge in [0.15, 0.2) is 0 Å². The van der Waals surface area contributed by atoms with Gasteiger partial charge in [-0.15, -0.1) is 0 Å². The summed E-state index contributed by atoms with van der Waals surface area (Å²) in [6.07, 6.45) is 2.14. The molecule has 0 aliphatic carbocycles. The largest absolute Gasteiger partial charge is 0.252 e. The smallest absolute Gasteiger partial charge is 0.0711 e. The molecule has 0 saturated carbocycles. The number of nitrogens with zero attached hydrogens (tertiary/aromatic N) is 1. The summed E-state index contributed by atoms with van der Waals surface area (Å²) in [6.45, 7) is 10.7. The molecule has 10 aromatic carbocycles. The van der Waals surface area contributed by atoms with Gasteiger partial charge >= 0.3 is 0 Å². The molecule has 0 aromatic heterocycles. The van der Waals surface area contributed by atoms with E-state index >= 15 is 0 Å². The number of allylic oxidation sites excluding steroid dienone is 2. The third kappa shape index (κ3) is 7.82. The lowest BCUT2D eigenvalue weighted by molar-refractivity contribution is 1.46. The van der Waals surface area contributed by atoms with Crippen LogP contribution in [0.4, 0.5) is 0 Å². The fourth-order valence-electron chi connectivity index (χ4n) is 8.53. The summed E-state index contributed by atoms with van der Waals surface area (Å²) < 4.78 is 0. The van der Waals surface area contributed by atoms with Crippen LogP contribution in [0.25, 0.3) is 87.7 Å². The van der Waals surface area contributed by atoms with Gasteiger partial charge in [-0.3, -0.25) is 4.99 Å². The fraction of sp³-hybridized carbons (Fsp3) is 0.0500. The predicted octanol–water partition coefficient (Wildman–Crippen LogP) is 16.9. The Kier molecular flexibility index (Phi) is 11.0. The monoisotopic (exact) mass is 781 g/mol. The average Bonchev–Trinajstić information content (AvgIpc) is 3.34. The second-order valence-electron chi connectivity index (χ2n) is 15.2. The third-order valence-corrected chi connectivity index (χ3v) is 11.6. The zero-order chi connectivity index (χ0) is 41.7. The predicted molar refractivity (Wildman–Crippen MR) is 266 cm³/mol. The lowest BCUT2D eigenvalue weighted by atomic mass is 9.92. The van der Waals surface area contributed by atoms with Gasteiger partial charge in [-0.1, -0.05) is 208 Å². The summed E-state index contributed by atoms with van der Waals surface area (Å²) in [6, 6.07) is 76.1. The zero-order valence-corrected chi connectivity index (χ0v) is 34.9. The number of rotatable bonds is 8. The molecule has 292 valence electrons. The van der Waals surface area contributed by atoms with Crippen LogP contribution in [-0.4, -0.2) is 5.71 Å². The second kappa shape index (κ2) is 17.3. The van der Waals surface area contributed by atoms with E-state index in [4.69, 9.17) is 4.99 Å². The third-order valence-electron chi connectivity index (χ3n) is 11.6. The molecule has 0 aliphatic heterocycles. The molecule has 0 bridgehead atoms. The first-order valence-corrected chi connectivity index (χ1v) is 21.2. The van der Waals surface area contributed by atoms with Crippen LogP contribution >= 0.6 is 0 Å². The highest BCUT2D eigenvalue weighted by Gasteiger charge is 2.13. The van der Waals surface area contributed by atoms with Gasteiger partial charge in [0, 0.05) is 11.3 Å². The molecular formula is C60H47N. The van der Waals surface area contributed by atoms with E-state index < -0.39 is 0 Å². The molecule has 10 aromatic rings. The van der Waals surface area contributed by atoms with Gasteiger partial charge in [-0.25, -0.2) is 0 Å². The lowest BCUT2D eigenvalue weighted by Gasteiger charge is -2.14. The maximum Gasteiger partial charge on any atom is 0.0711 e. The molecule has 0 radical (unpaired) electrons. The van der Waals surface area contributed by atoms with Crippen molar-refractivity contribution < 1.29 is 0 Å². The number of hydrogen-bond donors (Lipinski definition) is 0. The van der Waals surface area contributed by atoms with E-state index in [1.54, 1.807) is 0 Å². The van der Waals surface area contributed by atoms with Gasteiger partial charge in [0.25, 0.3) is 0 Å². The quantitative estimate of drug-likeness (QED) is 0.0827. The molecule has 0 spiro atoms. The number of hydrogen-bond acceptors (Lipinski definition) is 1. The normalized spacial score (nSPS) is 11.8. The minimum atomic E-state index is 0.855. The van der Waals surface area contributed by atoms with E-state index in [-0.39, 0.29) is 0 Å². The van der Waals surface area contributed by atoms with Crippen molar-refractivity contribution in [1.82, 2.24) is 0 Å². The van der Waals surface area contributed by atoms with Gasteiger partial charge in [0.1, 0.15) is 0 Å². The van der Waals surface area contributed by atoms with Crippen LogP contribution in [0.1, 0.15) is 37.5 Å². The van der Waals surface area contributed by atoms with E-state index in [0.29, 0.717) is 0 Å². The van der Waals surface area contributed by atoms with Crippen molar-refractivity contribution in [2.45, 2.75) is 20.8 Å². The molecule has 61 heavy (non-hydrogen) atoms. The van der Waals surface area contributed by atoms with E-state index in [2.05, 4.69) is 226 Å². The molecule has 0 atom stereocenters. The minimum Gasteiger partial charge on any atom is -0.252 e. The zero-order valence-electron chi connectivity index (χ0n) is 34.9. The van der Waals surface area contributed by atoms with Crippen LogP contribution in [0.3, 0.4) is 0 Å². The van der Waals surface area contributed by atoms with Crippen LogP contribution in [0, 0.1) is 0 Å². The van der Waals surface area contributed by atoms with E-state index in [1.165, 1.54) is 65.3 Å². The highest BCUT2D eigenvalue weighted by molar-refractivity contribution is 6.15. The van der Waals surface area contributed by atoms with Gasteiger partial charge in [-0.2, -0.15) is 0 Å². The Morgan fingerprint density at radius 1 is 0.377 bits per heavy atom. The van der Waals surface area contributed by atoms with Crippen LogP contribution in [0.2, 0.25) is 0 Å². The first kappa shape index (κ1) is 38.9. The first-order valence-electron chi connectivity index (χ1n) is 21.2. The standard InChI is InChI=1S/C58H41N.C2H6/c1-39(41-30-32-43(33-31-41)42-16-4-3-5-17-42)34-58(49-23-15-22-46(36-49)57-38-48-19-7-9-25-51(48)53-27-11-13-29-55(53)57)59-40(2)44-20-14-21-45(35-44)56-37-47-18-6-8-24-50(47)52-26-10-12-28-54(52)56;1-2/h3-38H,1H2,2H3;1-2H3/b58-34-,59-40?;. The summed E-state index contributed by atoms with van der Waals surface area (Å²) in [4.78, 5) is 5.46. The highest BCUT2D eigenvalue weighted by atomic mass is 14.8. The Balaban J connectivity index is 0.00000235. The average molecular weight is 782 g/mol. The molecule has 1 heteroatoms. The Labute approximate surface area is 359 Å². The topological polar surface area (TPSA) is 12.4 Å². The van der Waals surface area contributed by atoms with Crippen LogP contribution in [0.5, 0.6) is 0 Å². The Morgan fingerprint density at radius 3 is 1.36 bits per heavy atom.